The van der Waals surface area contributed by atoms with Gasteiger partial charge < -0.3 is 10.4 Å². The Morgan fingerprint density at radius 1 is 1.39 bits per heavy atom. The van der Waals surface area contributed by atoms with Crippen molar-refractivity contribution in [3.8, 4) is 0 Å². The Morgan fingerprint density at radius 2 is 2.06 bits per heavy atom. The maximum Gasteiger partial charge on any atom is 0.251 e. The average molecular weight is 247 g/mol. The van der Waals surface area contributed by atoms with Crippen molar-refractivity contribution in [2.24, 2.45) is 5.41 Å². The second-order valence-corrected chi connectivity index (χ2v) is 5.92. The monoisotopic (exact) mass is 247 g/mol. The summed E-state index contributed by atoms with van der Waals surface area (Å²) in [6.45, 7) is 7.88. The summed E-state index contributed by atoms with van der Waals surface area (Å²) in [5.41, 5.74) is 2.56. The Kier molecular flexibility index (Phi) is 3.20. The van der Waals surface area contributed by atoms with E-state index in [4.69, 9.17) is 0 Å². The Bertz CT molecular complexity index is 479. The topological polar surface area (TPSA) is 49.3 Å². The minimum Gasteiger partial charge on any atom is -0.392 e. The second-order valence-electron chi connectivity index (χ2n) is 5.92. The van der Waals surface area contributed by atoms with Gasteiger partial charge in [-0.3, -0.25) is 4.79 Å². The van der Waals surface area contributed by atoms with E-state index in [2.05, 4.69) is 5.32 Å². The van der Waals surface area contributed by atoms with Gasteiger partial charge in [0, 0.05) is 17.0 Å². The minimum atomic E-state index is -0.318. The largest absolute Gasteiger partial charge is 0.392 e. The molecule has 0 aliphatic heterocycles. The molecule has 1 aromatic rings. The summed E-state index contributed by atoms with van der Waals surface area (Å²) in [5.74, 6) is -0.0406. The number of carbonyl (C=O) groups is 1. The first-order valence-corrected chi connectivity index (χ1v) is 6.38. The molecule has 0 aromatic heterocycles. The third-order valence-electron chi connectivity index (χ3n) is 4.16. The lowest BCUT2D eigenvalue weighted by molar-refractivity contribution is -0.0689. The van der Waals surface area contributed by atoms with Crippen LogP contribution < -0.4 is 5.32 Å². The number of aliphatic hydroxyl groups is 1. The number of benzene rings is 1. The molecule has 0 bridgehead atoms. The van der Waals surface area contributed by atoms with Crippen molar-refractivity contribution in [3.05, 3.63) is 34.9 Å². The summed E-state index contributed by atoms with van der Waals surface area (Å²) >= 11 is 0. The molecule has 1 amide bonds. The molecule has 2 atom stereocenters. The van der Waals surface area contributed by atoms with E-state index >= 15 is 0 Å². The molecule has 1 saturated carbocycles. The second kappa shape index (κ2) is 4.39. The van der Waals surface area contributed by atoms with Gasteiger partial charge in [-0.05, 0) is 31.9 Å². The average Bonchev–Trinajstić information content (AvgIpc) is 2.31. The van der Waals surface area contributed by atoms with Crippen LogP contribution in [-0.2, 0) is 0 Å². The van der Waals surface area contributed by atoms with E-state index in [1.54, 1.807) is 0 Å². The molecule has 2 N–H and O–H groups in total. The first-order chi connectivity index (χ1) is 8.32. The highest BCUT2D eigenvalue weighted by Gasteiger charge is 2.48. The molecule has 3 nitrogen and oxygen atoms in total. The number of amides is 1. The molecule has 98 valence electrons. The molecule has 2 rings (SSSR count). The third-order valence-corrected chi connectivity index (χ3v) is 4.16. The molecule has 1 aromatic carbocycles. The minimum absolute atomic E-state index is 0.0406. The highest BCUT2D eigenvalue weighted by molar-refractivity contribution is 5.96. The van der Waals surface area contributed by atoms with Crippen LogP contribution in [0.1, 0.15) is 41.8 Å². The van der Waals surface area contributed by atoms with Crippen molar-refractivity contribution in [1.29, 1.82) is 0 Å². The van der Waals surface area contributed by atoms with Crippen LogP contribution in [0.15, 0.2) is 18.2 Å². The summed E-state index contributed by atoms with van der Waals surface area (Å²) in [6.07, 6.45) is 0.324. The normalized spacial score (nSPS) is 25.4. The maximum atomic E-state index is 12.2. The standard InChI is InChI=1S/C15H21NO2/c1-9-5-6-10(2)11(7-9)14(18)16-12-8-13(17)15(12,3)4/h5-7,12-13,17H,8H2,1-4H3,(H,16,18). The zero-order valence-corrected chi connectivity index (χ0v) is 11.4. The number of hydrogen-bond acceptors (Lipinski definition) is 2. The fourth-order valence-corrected chi connectivity index (χ4v) is 2.36. The number of aryl methyl sites for hydroxylation is 2. The third kappa shape index (κ3) is 2.15. The van der Waals surface area contributed by atoms with Gasteiger partial charge in [0.1, 0.15) is 0 Å². The number of nitrogens with one attached hydrogen (secondary N) is 1. The van der Waals surface area contributed by atoms with E-state index in [1.807, 2.05) is 45.9 Å². The van der Waals surface area contributed by atoms with Gasteiger partial charge in [0.15, 0.2) is 0 Å². The first kappa shape index (κ1) is 13.1. The predicted octanol–water partition coefficient (Wildman–Crippen LogP) is 2.19. The Labute approximate surface area is 108 Å². The van der Waals surface area contributed by atoms with Gasteiger partial charge in [0.2, 0.25) is 0 Å². The quantitative estimate of drug-likeness (QED) is 0.841. The number of carbonyl (C=O) groups excluding carboxylic acids is 1. The van der Waals surface area contributed by atoms with Gasteiger partial charge in [0.25, 0.3) is 5.91 Å². The fourth-order valence-electron chi connectivity index (χ4n) is 2.36. The van der Waals surface area contributed by atoms with E-state index in [9.17, 15) is 9.90 Å². The van der Waals surface area contributed by atoms with Crippen LogP contribution >= 0.6 is 0 Å². The summed E-state index contributed by atoms with van der Waals surface area (Å²) in [4.78, 5) is 12.2. The van der Waals surface area contributed by atoms with Crippen molar-refractivity contribution in [3.63, 3.8) is 0 Å². The van der Waals surface area contributed by atoms with Gasteiger partial charge in [-0.2, -0.15) is 0 Å². The SMILES string of the molecule is Cc1ccc(C)c(C(=O)NC2CC(O)C2(C)C)c1. The molecule has 1 aliphatic rings. The highest BCUT2D eigenvalue weighted by atomic mass is 16.3. The number of aliphatic hydroxyl groups excluding tert-OH is 1. The van der Waals surface area contributed by atoms with E-state index in [-0.39, 0.29) is 23.5 Å². The molecule has 0 spiro atoms. The van der Waals surface area contributed by atoms with Crippen molar-refractivity contribution >= 4 is 5.91 Å². The summed E-state index contributed by atoms with van der Waals surface area (Å²) < 4.78 is 0. The first-order valence-electron chi connectivity index (χ1n) is 6.38. The summed E-state index contributed by atoms with van der Waals surface area (Å²) in [6, 6.07) is 5.93. The van der Waals surface area contributed by atoms with Gasteiger partial charge in [-0.1, -0.05) is 31.5 Å². The molecule has 0 radical (unpaired) electrons. The van der Waals surface area contributed by atoms with Crippen LogP contribution in [0.25, 0.3) is 0 Å². The fraction of sp³-hybridized carbons (Fsp3) is 0.533. The number of rotatable bonds is 2. The van der Waals surface area contributed by atoms with Crippen molar-refractivity contribution in [2.75, 3.05) is 0 Å². The van der Waals surface area contributed by atoms with E-state index in [1.165, 1.54) is 0 Å². The number of hydrogen-bond donors (Lipinski definition) is 2. The molecule has 1 fully saturated rings. The molecule has 1 aliphatic carbocycles. The van der Waals surface area contributed by atoms with Gasteiger partial charge in [0.05, 0.1) is 6.10 Å². The van der Waals surface area contributed by atoms with Crippen LogP contribution in [0.2, 0.25) is 0 Å². The van der Waals surface area contributed by atoms with E-state index in [0.717, 1.165) is 16.7 Å². The maximum absolute atomic E-state index is 12.2. The molecule has 0 saturated heterocycles. The summed E-state index contributed by atoms with van der Waals surface area (Å²) in [7, 11) is 0. The van der Waals surface area contributed by atoms with E-state index < -0.39 is 0 Å². The lowest BCUT2D eigenvalue weighted by atomic mass is 9.64. The van der Waals surface area contributed by atoms with Crippen molar-refractivity contribution < 1.29 is 9.90 Å². The van der Waals surface area contributed by atoms with Crippen molar-refractivity contribution in [1.82, 2.24) is 5.32 Å². The van der Waals surface area contributed by atoms with Gasteiger partial charge >= 0.3 is 0 Å². The lowest BCUT2D eigenvalue weighted by Crippen LogP contribution is -2.61. The smallest absolute Gasteiger partial charge is 0.251 e. The van der Waals surface area contributed by atoms with Crippen LogP contribution in [-0.4, -0.2) is 23.2 Å². The predicted molar refractivity (Wildman–Crippen MR) is 71.6 cm³/mol. The molecule has 3 heteroatoms. The Balaban J connectivity index is 2.12. The highest BCUT2D eigenvalue weighted by Crippen LogP contribution is 2.40. The Morgan fingerprint density at radius 3 is 2.61 bits per heavy atom. The van der Waals surface area contributed by atoms with Gasteiger partial charge in [-0.25, -0.2) is 0 Å². The van der Waals surface area contributed by atoms with Crippen molar-refractivity contribution in [2.45, 2.75) is 46.3 Å². The zero-order chi connectivity index (χ0) is 13.5. The van der Waals surface area contributed by atoms with Crippen LogP contribution in [0.4, 0.5) is 0 Å². The molecular weight excluding hydrogens is 226 g/mol. The molecule has 2 unspecified atom stereocenters. The molecular formula is C15H21NO2. The Hall–Kier alpha value is -1.35. The molecule has 0 heterocycles. The summed E-state index contributed by atoms with van der Waals surface area (Å²) in [5, 5.41) is 12.7. The van der Waals surface area contributed by atoms with Crippen LogP contribution in [0, 0.1) is 19.3 Å². The molecule has 18 heavy (non-hydrogen) atoms. The van der Waals surface area contributed by atoms with Gasteiger partial charge in [-0.15, -0.1) is 0 Å². The zero-order valence-electron chi connectivity index (χ0n) is 11.4. The van der Waals surface area contributed by atoms with Crippen LogP contribution in [0.3, 0.4) is 0 Å². The van der Waals surface area contributed by atoms with E-state index in [0.29, 0.717) is 6.42 Å². The lowest BCUT2D eigenvalue weighted by Gasteiger charge is -2.49. The van der Waals surface area contributed by atoms with Crippen LogP contribution in [0.5, 0.6) is 0 Å².